The molecule has 396 valence electrons. The predicted octanol–water partition coefficient (Wildman–Crippen LogP) is 8.96. The molecule has 2 aliphatic rings. The molecule has 18 nitrogen and oxygen atoms in total. The van der Waals surface area contributed by atoms with E-state index in [9.17, 15) is 24.3 Å². The molecule has 2 aromatic carbocycles. The Morgan fingerprint density at radius 1 is 0.579 bits per heavy atom. The number of fused-ring (bicyclic) bond motifs is 2. The fourth-order valence-corrected chi connectivity index (χ4v) is 9.94. The summed E-state index contributed by atoms with van der Waals surface area (Å²) in [5.41, 5.74) is 29.9. The Labute approximate surface area is 446 Å². The lowest BCUT2D eigenvalue weighted by molar-refractivity contribution is -0.145. The van der Waals surface area contributed by atoms with Gasteiger partial charge >= 0.3 is 5.97 Å². The van der Waals surface area contributed by atoms with Crippen molar-refractivity contribution in [1.29, 1.82) is 0 Å². The molecule has 0 unspecified atom stereocenters. The van der Waals surface area contributed by atoms with Crippen LogP contribution in [0.4, 0.5) is 11.6 Å². The molecule has 0 radical (unpaired) electrons. The topological polar surface area (TPSA) is 293 Å². The molecule has 19 heteroatoms. The first-order valence-corrected chi connectivity index (χ1v) is 25.3. The van der Waals surface area contributed by atoms with E-state index in [4.69, 9.17) is 37.4 Å². The number of Topliss-reactive ketones (excluding diaryl/α,β-unsaturated/α-hetero) is 3. The summed E-state index contributed by atoms with van der Waals surface area (Å²) in [4.78, 5) is 65.8. The number of anilines is 2. The number of aliphatic hydroxyl groups excluding tert-OH is 2. The van der Waals surface area contributed by atoms with Crippen LogP contribution >= 0.6 is 12.4 Å². The third-order valence-corrected chi connectivity index (χ3v) is 14.1. The molecule has 2 fully saturated rings. The number of pyridine rings is 2. The van der Waals surface area contributed by atoms with Gasteiger partial charge in [0, 0.05) is 70.1 Å². The molecule has 0 spiro atoms. The first-order valence-electron chi connectivity index (χ1n) is 25.3. The highest BCUT2D eigenvalue weighted by Crippen LogP contribution is 2.41. The summed E-state index contributed by atoms with van der Waals surface area (Å²) in [7, 11) is 0. The Balaban J connectivity index is 0.000000199. The van der Waals surface area contributed by atoms with Crippen molar-refractivity contribution in [2.45, 2.75) is 116 Å². The molecule has 9 N–H and O–H groups in total. The average Bonchev–Trinajstić information content (AvgIpc) is 4.06. The molecule has 6 heterocycles. The molecule has 0 saturated heterocycles. The van der Waals surface area contributed by atoms with E-state index in [1.54, 1.807) is 23.1 Å². The van der Waals surface area contributed by atoms with Gasteiger partial charge < -0.3 is 32.5 Å². The lowest BCUT2D eigenvalue weighted by atomic mass is 9.77. The number of nitrogens with two attached hydrogens (primary N) is 3. The number of carbonyl (C=O) groups excluding carboxylic acids is 3. The first-order chi connectivity index (χ1) is 36.0. The Bertz CT molecular complexity index is 3310. The lowest BCUT2D eigenvalue weighted by Gasteiger charge is -2.29. The molecular weight excluding hydrogens is 986 g/mol. The van der Waals surface area contributed by atoms with Crippen LogP contribution in [-0.4, -0.2) is 96.1 Å². The third-order valence-electron chi connectivity index (χ3n) is 14.1. The molecule has 8 aromatic rings. The van der Waals surface area contributed by atoms with Crippen LogP contribution in [0.1, 0.15) is 129 Å². The molecule has 0 bridgehead atoms. The quantitative estimate of drug-likeness (QED) is 0.0622. The highest BCUT2D eigenvalue weighted by Gasteiger charge is 2.32. The second-order valence-electron chi connectivity index (χ2n) is 19.5. The normalized spacial score (nSPS) is 18.0. The second kappa shape index (κ2) is 24.7. The highest BCUT2D eigenvalue weighted by molar-refractivity contribution is 6.01. The number of ketones is 3. The number of carbonyl (C=O) groups is 4. The van der Waals surface area contributed by atoms with Gasteiger partial charge in [-0.3, -0.25) is 24.4 Å². The average molecular weight is 1050 g/mol. The van der Waals surface area contributed by atoms with Gasteiger partial charge in [0.2, 0.25) is 0 Å². The highest BCUT2D eigenvalue weighted by atomic mass is 35.5. The van der Waals surface area contributed by atoms with Gasteiger partial charge in [-0.2, -0.15) is 19.2 Å². The zero-order valence-corrected chi connectivity index (χ0v) is 43.7. The van der Waals surface area contributed by atoms with Crippen molar-refractivity contribution >= 4 is 58.7 Å². The van der Waals surface area contributed by atoms with Crippen LogP contribution in [-0.2, 0) is 9.59 Å². The van der Waals surface area contributed by atoms with E-state index < -0.39 is 18.2 Å². The van der Waals surface area contributed by atoms with Gasteiger partial charge in [0.15, 0.2) is 28.6 Å². The maximum Gasteiger partial charge on any atom is 0.332 e. The number of aliphatic hydroxyl groups is 2. The Morgan fingerprint density at radius 3 is 1.32 bits per heavy atom. The molecule has 0 aliphatic heterocycles. The van der Waals surface area contributed by atoms with Crippen molar-refractivity contribution in [2.24, 2.45) is 11.7 Å². The van der Waals surface area contributed by atoms with Crippen molar-refractivity contribution in [3.8, 4) is 44.8 Å². The summed E-state index contributed by atoms with van der Waals surface area (Å²) in [6.07, 6.45) is 12.2. The van der Waals surface area contributed by atoms with E-state index in [-0.39, 0.29) is 53.6 Å². The molecule has 76 heavy (non-hydrogen) atoms. The summed E-state index contributed by atoms with van der Waals surface area (Å²) < 4.78 is 3.10. The number of hydrogen-bond donors (Lipinski definition) is 6. The number of rotatable bonds is 12. The van der Waals surface area contributed by atoms with E-state index in [0.29, 0.717) is 46.2 Å². The van der Waals surface area contributed by atoms with Crippen molar-refractivity contribution in [1.82, 2.24) is 39.2 Å². The van der Waals surface area contributed by atoms with Crippen LogP contribution in [0.5, 0.6) is 0 Å². The Hall–Kier alpha value is -7.77. The van der Waals surface area contributed by atoms with Gasteiger partial charge in [-0.15, -0.1) is 12.4 Å². The van der Waals surface area contributed by atoms with Gasteiger partial charge in [-0.1, -0.05) is 72.8 Å². The monoisotopic (exact) mass is 1050 g/mol. The third kappa shape index (κ3) is 12.5. The van der Waals surface area contributed by atoms with Crippen molar-refractivity contribution in [3.05, 3.63) is 132 Å². The van der Waals surface area contributed by atoms with Crippen molar-refractivity contribution < 1.29 is 34.5 Å². The zero-order valence-electron chi connectivity index (χ0n) is 42.9. The van der Waals surface area contributed by atoms with Gasteiger partial charge in [0.1, 0.15) is 23.8 Å². The fourth-order valence-electron chi connectivity index (χ4n) is 9.94. The smallest absolute Gasteiger partial charge is 0.332 e. The van der Waals surface area contributed by atoms with Gasteiger partial charge in [0.25, 0.3) is 0 Å². The number of aromatic nitrogens is 8. The lowest BCUT2D eigenvalue weighted by Crippen LogP contribution is -2.27. The molecule has 6 aromatic heterocycles. The molecule has 0 amide bonds. The van der Waals surface area contributed by atoms with Gasteiger partial charge in [-0.05, 0) is 97.1 Å². The number of carboxylic acid groups (broad SMARTS) is 1. The van der Waals surface area contributed by atoms with Crippen LogP contribution in [0.3, 0.4) is 0 Å². The van der Waals surface area contributed by atoms with Crippen LogP contribution < -0.4 is 17.2 Å². The Kier molecular flexibility index (Phi) is 18.2. The largest absolute Gasteiger partial charge is 0.479 e. The van der Waals surface area contributed by atoms with E-state index in [1.165, 1.54) is 32.2 Å². The second-order valence-corrected chi connectivity index (χ2v) is 19.5. The number of aliphatic carboxylic acids is 1. The minimum absolute atomic E-state index is 0. The summed E-state index contributed by atoms with van der Waals surface area (Å²) >= 11 is 0. The van der Waals surface area contributed by atoms with E-state index in [2.05, 4.69) is 20.2 Å². The number of hydrogen-bond acceptors (Lipinski definition) is 15. The summed E-state index contributed by atoms with van der Waals surface area (Å²) in [6, 6.07) is 28.2. The summed E-state index contributed by atoms with van der Waals surface area (Å²) in [6.45, 7) is 5.76. The number of nitrogen functional groups attached to an aromatic ring is 2. The number of nitrogens with zero attached hydrogens (tertiary/aromatic N) is 8. The van der Waals surface area contributed by atoms with Gasteiger partial charge in [-0.25, -0.2) is 14.8 Å². The maximum absolute atomic E-state index is 12.7. The van der Waals surface area contributed by atoms with Gasteiger partial charge in [0.05, 0.1) is 46.3 Å². The molecular formula is C57H64ClN11O7. The van der Waals surface area contributed by atoms with Crippen LogP contribution in [0.2, 0.25) is 0 Å². The standard InChI is InChI=1S/C29H31N5O3.C25H26N6O.C3H6O3.ClH/c1-17(35)25(37)14-19-8-10-21(11-9-19)27-26(18(2)36)28(30)34-29(33-27)23(16-32-34)22-12-13-24(31-15-22)20-6-4-3-5-7-20;1-15(32)22-23(17-7-10-19(26)11-8-17)30-25-20(14-29-31(25)24(22)27)18-9-12-21(28-13-18)16-5-3-2-4-6-16;1-2(4)3(5)6;/h3-7,12-13,15-17,19,21,35H,8-11,14,30H2,1-2H3;2-6,9,12-14,17,19H,7-8,10-11,26-27H2,1H3;2,4H,1H3,(H,5,6);1H/t17-,19?,21?;;2-;/m1.1./s1. The first kappa shape index (κ1) is 56.0. The Morgan fingerprint density at radius 2 is 0.974 bits per heavy atom. The summed E-state index contributed by atoms with van der Waals surface area (Å²) in [5.74, 6) is -0.436. The van der Waals surface area contributed by atoms with E-state index in [1.807, 2.05) is 91.1 Å². The molecule has 10 rings (SSSR count). The minimum atomic E-state index is -1.23. The zero-order chi connectivity index (χ0) is 53.5. The van der Waals surface area contributed by atoms with Crippen molar-refractivity contribution in [2.75, 3.05) is 11.5 Å². The summed E-state index contributed by atoms with van der Waals surface area (Å²) in [5, 5.41) is 34.2. The van der Waals surface area contributed by atoms with E-state index >= 15 is 0 Å². The van der Waals surface area contributed by atoms with Crippen LogP contribution in [0, 0.1) is 5.92 Å². The SMILES string of the molecule is CC(=O)c1c(C2CCC(CC(=O)[C@@H](C)O)CC2)nc2c(-c3ccc(-c4ccccc4)nc3)cnn2c1N.CC(=O)c1c(C2CCC(N)CC2)nc2c(-c3ccc(-c4ccccc4)nc3)cnn2c1N.C[C@@H](O)C(=O)O.Cl. The van der Waals surface area contributed by atoms with E-state index in [0.717, 1.165) is 102 Å². The predicted molar refractivity (Wildman–Crippen MR) is 294 cm³/mol. The molecule has 2 saturated carbocycles. The van der Waals surface area contributed by atoms with Crippen LogP contribution in [0.15, 0.2) is 110 Å². The maximum atomic E-state index is 12.7. The minimum Gasteiger partial charge on any atom is -0.479 e. The number of benzene rings is 2. The fraction of sp³-hybridized carbons (Fsp3) is 0.333. The van der Waals surface area contributed by atoms with Crippen LogP contribution in [0.25, 0.3) is 56.1 Å². The number of halogens is 1. The van der Waals surface area contributed by atoms with Crippen molar-refractivity contribution in [3.63, 3.8) is 0 Å². The molecule has 2 atom stereocenters. The number of carboxylic acids is 1. The molecule has 2 aliphatic carbocycles.